The number of aryl methyl sites for hydroxylation is 1. The molecule has 0 amide bonds. The maximum Gasteiger partial charge on any atom is 0.0996 e. The molecule has 0 fully saturated rings. The largest absolute Gasteiger partial charge is 0.393 e. The molecule has 0 aliphatic heterocycles. The van der Waals surface area contributed by atoms with Crippen molar-refractivity contribution in [3.63, 3.8) is 0 Å². The number of hydrogen-bond acceptors (Lipinski definition) is 4. The Balaban J connectivity index is 2.65. The Bertz CT molecular complexity index is 337. The quantitative estimate of drug-likeness (QED) is 0.754. The van der Waals surface area contributed by atoms with E-state index in [9.17, 15) is 0 Å². The monoisotopic (exact) mass is 194 g/mol. The standard InChI is InChI=1S/C9H14N4O/c1-7(14)4-6-13-8(2)9(3-5-10)11-12-13/h7,14H,3-4,6H2,1-2H3. The van der Waals surface area contributed by atoms with Crippen molar-refractivity contribution in [2.75, 3.05) is 0 Å². The SMILES string of the molecule is Cc1c(CC#N)nnn1CCC(C)O. The van der Waals surface area contributed by atoms with E-state index in [1.807, 2.05) is 13.0 Å². The molecule has 0 saturated heterocycles. The Labute approximate surface area is 83.0 Å². The maximum absolute atomic E-state index is 9.10. The van der Waals surface area contributed by atoms with Gasteiger partial charge in [-0.05, 0) is 20.3 Å². The Morgan fingerprint density at radius 1 is 1.64 bits per heavy atom. The fourth-order valence-electron chi connectivity index (χ4n) is 1.16. The zero-order valence-electron chi connectivity index (χ0n) is 8.43. The van der Waals surface area contributed by atoms with Gasteiger partial charge in [-0.2, -0.15) is 5.26 Å². The lowest BCUT2D eigenvalue weighted by molar-refractivity contribution is 0.175. The second-order valence-corrected chi connectivity index (χ2v) is 3.32. The molecule has 0 bridgehead atoms. The third-order valence-corrected chi connectivity index (χ3v) is 2.08. The topological polar surface area (TPSA) is 74.7 Å². The van der Waals surface area contributed by atoms with E-state index in [1.165, 1.54) is 0 Å². The van der Waals surface area contributed by atoms with Crippen LogP contribution in [-0.4, -0.2) is 26.2 Å². The number of nitriles is 1. The van der Waals surface area contributed by atoms with Gasteiger partial charge in [0.25, 0.3) is 0 Å². The molecule has 0 spiro atoms. The van der Waals surface area contributed by atoms with Crippen LogP contribution in [0.25, 0.3) is 0 Å². The van der Waals surface area contributed by atoms with Gasteiger partial charge >= 0.3 is 0 Å². The molecule has 1 aromatic heterocycles. The molecule has 76 valence electrons. The van der Waals surface area contributed by atoms with Crippen molar-refractivity contribution in [3.05, 3.63) is 11.4 Å². The molecule has 1 heterocycles. The fourth-order valence-corrected chi connectivity index (χ4v) is 1.16. The van der Waals surface area contributed by atoms with Crippen LogP contribution < -0.4 is 0 Å². The van der Waals surface area contributed by atoms with Gasteiger partial charge in [-0.15, -0.1) is 5.10 Å². The fraction of sp³-hybridized carbons (Fsp3) is 0.667. The Morgan fingerprint density at radius 2 is 2.36 bits per heavy atom. The molecule has 1 rings (SSSR count). The first kappa shape index (κ1) is 10.7. The summed E-state index contributed by atoms with van der Waals surface area (Å²) in [4.78, 5) is 0. The number of nitrogens with zero attached hydrogens (tertiary/aromatic N) is 4. The number of aliphatic hydroxyl groups excluding tert-OH is 1. The smallest absolute Gasteiger partial charge is 0.0996 e. The Kier molecular flexibility index (Phi) is 3.60. The second-order valence-electron chi connectivity index (χ2n) is 3.32. The highest BCUT2D eigenvalue weighted by molar-refractivity contribution is 5.11. The van der Waals surface area contributed by atoms with E-state index in [0.717, 1.165) is 11.4 Å². The molecule has 0 aromatic carbocycles. The first-order valence-electron chi connectivity index (χ1n) is 4.59. The van der Waals surface area contributed by atoms with Crippen LogP contribution in [0.1, 0.15) is 24.7 Å². The van der Waals surface area contributed by atoms with Crippen LogP contribution >= 0.6 is 0 Å². The summed E-state index contributed by atoms with van der Waals surface area (Å²) in [5.41, 5.74) is 1.63. The third kappa shape index (κ3) is 2.54. The van der Waals surface area contributed by atoms with Gasteiger partial charge in [-0.3, -0.25) is 0 Å². The summed E-state index contributed by atoms with van der Waals surface area (Å²) >= 11 is 0. The third-order valence-electron chi connectivity index (χ3n) is 2.08. The zero-order chi connectivity index (χ0) is 10.6. The molecule has 1 atom stereocenters. The van der Waals surface area contributed by atoms with E-state index >= 15 is 0 Å². The van der Waals surface area contributed by atoms with E-state index < -0.39 is 0 Å². The van der Waals surface area contributed by atoms with Crippen LogP contribution in [0.2, 0.25) is 0 Å². The minimum atomic E-state index is -0.335. The predicted octanol–water partition coefficient (Wildman–Crippen LogP) is 0.423. The molecule has 0 radical (unpaired) electrons. The van der Waals surface area contributed by atoms with Gasteiger partial charge in [0.15, 0.2) is 0 Å². The van der Waals surface area contributed by atoms with Crippen LogP contribution in [0, 0.1) is 18.3 Å². The van der Waals surface area contributed by atoms with Crippen LogP contribution in [-0.2, 0) is 13.0 Å². The molecule has 14 heavy (non-hydrogen) atoms. The summed E-state index contributed by atoms with van der Waals surface area (Å²) in [5.74, 6) is 0. The Hall–Kier alpha value is -1.41. The van der Waals surface area contributed by atoms with Crippen LogP contribution in [0.15, 0.2) is 0 Å². The van der Waals surface area contributed by atoms with E-state index in [2.05, 4.69) is 10.3 Å². The van der Waals surface area contributed by atoms with E-state index in [1.54, 1.807) is 11.6 Å². The summed E-state index contributed by atoms with van der Waals surface area (Å²) < 4.78 is 1.72. The van der Waals surface area contributed by atoms with Gasteiger partial charge in [-0.25, -0.2) is 4.68 Å². The first-order chi connectivity index (χ1) is 6.65. The lowest BCUT2D eigenvalue weighted by Gasteiger charge is -2.04. The number of aliphatic hydroxyl groups is 1. The summed E-state index contributed by atoms with van der Waals surface area (Å²) in [7, 11) is 0. The summed E-state index contributed by atoms with van der Waals surface area (Å²) in [6.07, 6.45) is 0.606. The van der Waals surface area contributed by atoms with Crippen molar-refractivity contribution in [2.24, 2.45) is 0 Å². The zero-order valence-corrected chi connectivity index (χ0v) is 8.43. The second kappa shape index (κ2) is 4.72. The van der Waals surface area contributed by atoms with Crippen molar-refractivity contribution < 1.29 is 5.11 Å². The molecule has 0 saturated carbocycles. The Morgan fingerprint density at radius 3 is 2.93 bits per heavy atom. The number of aromatic nitrogens is 3. The van der Waals surface area contributed by atoms with Crippen molar-refractivity contribution in [1.82, 2.24) is 15.0 Å². The number of rotatable bonds is 4. The van der Waals surface area contributed by atoms with Gasteiger partial charge in [0.2, 0.25) is 0 Å². The van der Waals surface area contributed by atoms with Crippen LogP contribution in [0.4, 0.5) is 0 Å². The first-order valence-corrected chi connectivity index (χ1v) is 4.59. The van der Waals surface area contributed by atoms with Gasteiger partial charge in [0.1, 0.15) is 0 Å². The van der Waals surface area contributed by atoms with E-state index in [-0.39, 0.29) is 6.10 Å². The molecule has 5 nitrogen and oxygen atoms in total. The lowest BCUT2D eigenvalue weighted by Crippen LogP contribution is -2.09. The van der Waals surface area contributed by atoms with Crippen molar-refractivity contribution in [1.29, 1.82) is 5.26 Å². The van der Waals surface area contributed by atoms with Gasteiger partial charge < -0.3 is 5.11 Å². The molecular formula is C9H14N4O. The highest BCUT2D eigenvalue weighted by Crippen LogP contribution is 2.05. The van der Waals surface area contributed by atoms with Gasteiger partial charge in [0.05, 0.1) is 30.0 Å². The van der Waals surface area contributed by atoms with Crippen LogP contribution in [0.3, 0.4) is 0 Å². The average molecular weight is 194 g/mol. The normalized spacial score (nSPS) is 12.4. The minimum Gasteiger partial charge on any atom is -0.393 e. The van der Waals surface area contributed by atoms with Crippen molar-refractivity contribution in [2.45, 2.75) is 39.3 Å². The molecule has 1 N–H and O–H groups in total. The van der Waals surface area contributed by atoms with Gasteiger partial charge in [-0.1, -0.05) is 5.21 Å². The van der Waals surface area contributed by atoms with Crippen molar-refractivity contribution in [3.8, 4) is 6.07 Å². The summed E-state index contributed by atoms with van der Waals surface area (Å²) in [6, 6.07) is 2.04. The van der Waals surface area contributed by atoms with E-state index in [0.29, 0.717) is 19.4 Å². The molecule has 0 aliphatic carbocycles. The van der Waals surface area contributed by atoms with Gasteiger partial charge in [0, 0.05) is 6.54 Å². The molecule has 0 aliphatic rings. The van der Waals surface area contributed by atoms with E-state index in [4.69, 9.17) is 10.4 Å². The lowest BCUT2D eigenvalue weighted by atomic mass is 10.2. The predicted molar refractivity (Wildman–Crippen MR) is 50.4 cm³/mol. The molecule has 5 heteroatoms. The highest BCUT2D eigenvalue weighted by atomic mass is 16.3. The average Bonchev–Trinajstić information content (AvgIpc) is 2.46. The minimum absolute atomic E-state index is 0.292. The number of hydrogen-bond donors (Lipinski definition) is 1. The summed E-state index contributed by atoms with van der Waals surface area (Å²) in [5, 5.41) is 25.4. The van der Waals surface area contributed by atoms with Crippen molar-refractivity contribution >= 4 is 0 Å². The molecular weight excluding hydrogens is 180 g/mol. The van der Waals surface area contributed by atoms with Crippen LogP contribution in [0.5, 0.6) is 0 Å². The molecule has 1 unspecified atom stereocenters. The maximum atomic E-state index is 9.10. The molecule has 1 aromatic rings. The summed E-state index contributed by atoms with van der Waals surface area (Å²) in [6.45, 7) is 4.26. The highest BCUT2D eigenvalue weighted by Gasteiger charge is 2.08.